The van der Waals surface area contributed by atoms with Crippen LogP contribution in [0.2, 0.25) is 0 Å². The molecule has 17 heavy (non-hydrogen) atoms. The van der Waals surface area contributed by atoms with Crippen molar-refractivity contribution in [2.75, 3.05) is 13.1 Å². The zero-order valence-electron chi connectivity index (χ0n) is 9.13. The molecule has 0 unspecified atom stereocenters. The summed E-state index contributed by atoms with van der Waals surface area (Å²) in [5.74, 6) is -0.696. The molecule has 0 radical (unpaired) electrons. The van der Waals surface area contributed by atoms with Gasteiger partial charge in [0.15, 0.2) is 0 Å². The summed E-state index contributed by atoms with van der Waals surface area (Å²) in [5, 5.41) is 0. The maximum atomic E-state index is 12.1. The lowest BCUT2D eigenvalue weighted by Gasteiger charge is -2.18. The fourth-order valence-electron chi connectivity index (χ4n) is 1.22. The smallest absolute Gasteiger partial charge is 0.245 e. The molecule has 1 rings (SSSR count). The van der Waals surface area contributed by atoms with E-state index in [4.69, 9.17) is 5.73 Å². The summed E-state index contributed by atoms with van der Waals surface area (Å²) in [5.41, 5.74) is 5.00. The van der Waals surface area contributed by atoms with E-state index in [1.165, 1.54) is 18.5 Å². The number of pyridine rings is 1. The molecule has 0 aliphatic rings. The number of amides is 1. The van der Waals surface area contributed by atoms with Crippen LogP contribution < -0.4 is 5.73 Å². The Bertz CT molecular complexity index is 518. The standard InChI is InChI=1S/C9H12BrN3O3S/c1-2-13(6-9(11)14)17(15,16)8-3-7(10)4-12-5-8/h3-5H,2,6H2,1H3,(H2,11,14). The molecule has 1 aromatic heterocycles. The number of hydrogen-bond acceptors (Lipinski definition) is 4. The third-order valence-corrected chi connectivity index (χ3v) is 4.32. The van der Waals surface area contributed by atoms with Crippen molar-refractivity contribution in [2.45, 2.75) is 11.8 Å². The molecule has 0 spiro atoms. The lowest BCUT2D eigenvalue weighted by Crippen LogP contribution is -2.38. The maximum absolute atomic E-state index is 12.1. The molecular formula is C9H12BrN3O3S. The van der Waals surface area contributed by atoms with Crippen LogP contribution in [0.1, 0.15) is 6.92 Å². The van der Waals surface area contributed by atoms with Gasteiger partial charge in [-0.15, -0.1) is 0 Å². The zero-order valence-corrected chi connectivity index (χ0v) is 11.5. The van der Waals surface area contributed by atoms with Gasteiger partial charge in [-0.2, -0.15) is 4.31 Å². The minimum absolute atomic E-state index is 0.0231. The van der Waals surface area contributed by atoms with Crippen LogP contribution >= 0.6 is 15.9 Å². The van der Waals surface area contributed by atoms with Crippen molar-refractivity contribution in [3.8, 4) is 0 Å². The van der Waals surface area contributed by atoms with Crippen molar-refractivity contribution < 1.29 is 13.2 Å². The molecule has 0 saturated carbocycles. The molecule has 0 fully saturated rings. The Hall–Kier alpha value is -0.990. The summed E-state index contributed by atoms with van der Waals surface area (Å²) < 4.78 is 25.8. The highest BCUT2D eigenvalue weighted by atomic mass is 79.9. The number of hydrogen-bond donors (Lipinski definition) is 1. The number of carbonyl (C=O) groups excluding carboxylic acids is 1. The number of primary amides is 1. The Morgan fingerprint density at radius 3 is 2.65 bits per heavy atom. The molecule has 6 nitrogen and oxygen atoms in total. The van der Waals surface area contributed by atoms with Gasteiger partial charge in [0, 0.05) is 23.4 Å². The van der Waals surface area contributed by atoms with Crippen molar-refractivity contribution in [3.05, 3.63) is 22.9 Å². The van der Waals surface area contributed by atoms with Gasteiger partial charge in [0.25, 0.3) is 0 Å². The minimum atomic E-state index is -3.73. The van der Waals surface area contributed by atoms with Gasteiger partial charge in [-0.3, -0.25) is 9.78 Å². The quantitative estimate of drug-likeness (QED) is 0.846. The highest BCUT2D eigenvalue weighted by molar-refractivity contribution is 9.10. The minimum Gasteiger partial charge on any atom is -0.369 e. The summed E-state index contributed by atoms with van der Waals surface area (Å²) in [6.07, 6.45) is 2.70. The molecule has 94 valence electrons. The molecule has 0 aliphatic carbocycles. The molecule has 2 N–H and O–H groups in total. The van der Waals surface area contributed by atoms with E-state index >= 15 is 0 Å². The van der Waals surface area contributed by atoms with E-state index in [1.807, 2.05) is 0 Å². The van der Waals surface area contributed by atoms with Crippen molar-refractivity contribution in [1.29, 1.82) is 0 Å². The van der Waals surface area contributed by atoms with Crippen LogP contribution in [-0.4, -0.2) is 36.7 Å². The first-order valence-corrected chi connectivity index (χ1v) is 7.00. The number of sulfonamides is 1. The first kappa shape index (κ1) is 14.1. The van der Waals surface area contributed by atoms with Crippen LogP contribution in [-0.2, 0) is 14.8 Å². The second-order valence-electron chi connectivity index (χ2n) is 3.24. The second-order valence-corrected chi connectivity index (χ2v) is 6.09. The first-order chi connectivity index (χ1) is 7.87. The van der Waals surface area contributed by atoms with Gasteiger partial charge in [-0.1, -0.05) is 6.92 Å². The normalized spacial score (nSPS) is 11.7. The molecule has 0 atom stereocenters. The van der Waals surface area contributed by atoms with Gasteiger partial charge < -0.3 is 5.73 Å². The van der Waals surface area contributed by atoms with Crippen LogP contribution in [0, 0.1) is 0 Å². The molecule has 1 amide bonds. The third kappa shape index (κ3) is 3.48. The van der Waals surface area contributed by atoms with E-state index in [0.29, 0.717) is 4.47 Å². The SMILES string of the molecule is CCN(CC(N)=O)S(=O)(=O)c1cncc(Br)c1. The van der Waals surface area contributed by atoms with E-state index < -0.39 is 15.9 Å². The Morgan fingerprint density at radius 2 is 2.18 bits per heavy atom. The Labute approximate surface area is 108 Å². The number of aromatic nitrogens is 1. The summed E-state index contributed by atoms with van der Waals surface area (Å²) in [6.45, 7) is 1.45. The average molecular weight is 322 g/mol. The van der Waals surface area contributed by atoms with Crippen molar-refractivity contribution in [2.24, 2.45) is 5.73 Å². The fraction of sp³-hybridized carbons (Fsp3) is 0.333. The lowest BCUT2D eigenvalue weighted by atomic mass is 10.5. The van der Waals surface area contributed by atoms with E-state index in [9.17, 15) is 13.2 Å². The zero-order chi connectivity index (χ0) is 13.1. The highest BCUT2D eigenvalue weighted by Gasteiger charge is 2.24. The van der Waals surface area contributed by atoms with Crippen molar-refractivity contribution in [3.63, 3.8) is 0 Å². The van der Waals surface area contributed by atoms with Gasteiger partial charge >= 0.3 is 0 Å². The first-order valence-electron chi connectivity index (χ1n) is 4.77. The molecule has 8 heteroatoms. The van der Waals surface area contributed by atoms with Crippen LogP contribution in [0.5, 0.6) is 0 Å². The molecule has 0 aliphatic heterocycles. The molecule has 1 heterocycles. The van der Waals surface area contributed by atoms with Crippen LogP contribution in [0.15, 0.2) is 27.8 Å². The predicted octanol–water partition coefficient (Wildman–Crippen LogP) is 0.340. The van der Waals surface area contributed by atoms with Gasteiger partial charge in [0.05, 0.1) is 6.54 Å². The number of likely N-dealkylation sites (N-methyl/N-ethyl adjacent to an activating group) is 1. The highest BCUT2D eigenvalue weighted by Crippen LogP contribution is 2.18. The van der Waals surface area contributed by atoms with Crippen LogP contribution in [0.3, 0.4) is 0 Å². The Balaban J connectivity index is 3.13. The van der Waals surface area contributed by atoms with E-state index in [1.54, 1.807) is 6.92 Å². The summed E-state index contributed by atoms with van der Waals surface area (Å²) in [4.78, 5) is 14.6. The lowest BCUT2D eigenvalue weighted by molar-refractivity contribution is -0.118. The summed E-state index contributed by atoms with van der Waals surface area (Å²) >= 11 is 3.14. The van der Waals surface area contributed by atoms with Crippen LogP contribution in [0.4, 0.5) is 0 Å². The monoisotopic (exact) mass is 321 g/mol. The fourth-order valence-corrected chi connectivity index (χ4v) is 3.14. The number of rotatable bonds is 5. The largest absolute Gasteiger partial charge is 0.369 e. The number of nitrogens with zero attached hydrogens (tertiary/aromatic N) is 2. The molecule has 1 aromatic rings. The number of halogens is 1. The van der Waals surface area contributed by atoms with Gasteiger partial charge in [-0.05, 0) is 22.0 Å². The van der Waals surface area contributed by atoms with E-state index in [0.717, 1.165) is 4.31 Å². The predicted molar refractivity (Wildman–Crippen MR) is 65.6 cm³/mol. The third-order valence-electron chi connectivity index (χ3n) is 2.00. The number of nitrogens with two attached hydrogens (primary N) is 1. The molecule has 0 bridgehead atoms. The van der Waals surface area contributed by atoms with E-state index in [2.05, 4.69) is 20.9 Å². The van der Waals surface area contributed by atoms with Gasteiger partial charge in [0.2, 0.25) is 15.9 Å². The summed E-state index contributed by atoms with van der Waals surface area (Å²) in [7, 11) is -3.73. The van der Waals surface area contributed by atoms with Crippen LogP contribution in [0.25, 0.3) is 0 Å². The molecular weight excluding hydrogens is 310 g/mol. The number of carbonyl (C=O) groups is 1. The average Bonchev–Trinajstić information content (AvgIpc) is 2.25. The van der Waals surface area contributed by atoms with Crippen molar-refractivity contribution in [1.82, 2.24) is 9.29 Å². The maximum Gasteiger partial charge on any atom is 0.245 e. The van der Waals surface area contributed by atoms with Crippen molar-refractivity contribution >= 4 is 31.9 Å². The Kier molecular flexibility index (Phi) is 4.61. The second kappa shape index (κ2) is 5.56. The van der Waals surface area contributed by atoms with Gasteiger partial charge in [-0.25, -0.2) is 8.42 Å². The topological polar surface area (TPSA) is 93.4 Å². The summed E-state index contributed by atoms with van der Waals surface area (Å²) in [6, 6.07) is 1.42. The Morgan fingerprint density at radius 1 is 1.53 bits per heavy atom. The van der Waals surface area contributed by atoms with E-state index in [-0.39, 0.29) is 18.0 Å². The molecule has 0 aromatic carbocycles. The molecule has 0 saturated heterocycles. The van der Waals surface area contributed by atoms with Gasteiger partial charge in [0.1, 0.15) is 4.90 Å².